The molecule has 4 aromatic rings. The third kappa shape index (κ3) is 4.43. The van der Waals surface area contributed by atoms with Gasteiger partial charge in [-0.25, -0.2) is 4.98 Å². The van der Waals surface area contributed by atoms with Crippen molar-refractivity contribution in [3.05, 3.63) is 72.8 Å². The van der Waals surface area contributed by atoms with Crippen LogP contribution in [0, 0.1) is 6.92 Å². The van der Waals surface area contributed by atoms with Gasteiger partial charge in [-0.15, -0.1) is 16.8 Å². The Kier molecular flexibility index (Phi) is 6.37. The molecule has 0 aliphatic heterocycles. The fourth-order valence-corrected chi connectivity index (χ4v) is 4.30. The van der Waals surface area contributed by atoms with Crippen molar-refractivity contribution >= 4 is 28.6 Å². The maximum atomic E-state index is 12.1. The lowest BCUT2D eigenvalue weighted by molar-refractivity contribution is -0.125. The normalized spacial score (nSPS) is 11.0. The molecule has 0 N–H and O–H groups in total. The van der Waals surface area contributed by atoms with E-state index in [0.717, 1.165) is 33.5 Å². The second-order valence-electron chi connectivity index (χ2n) is 7.72. The van der Waals surface area contributed by atoms with Crippen LogP contribution in [0.25, 0.3) is 33.5 Å². The average Bonchev–Trinajstić information content (AvgIpc) is 3.19. The highest BCUT2D eigenvalue weighted by molar-refractivity contribution is 7.99. The van der Waals surface area contributed by atoms with Gasteiger partial charge in [-0.1, -0.05) is 65.9 Å². The number of carbonyl (C=O) groups excluding carboxylic acids is 1. The smallest absolute Gasteiger partial charge is 0.232 e. The quantitative estimate of drug-likeness (QED) is 0.302. The summed E-state index contributed by atoms with van der Waals surface area (Å²) in [5, 5.41) is 10.6. The SMILES string of the molecule is C=CCn1c(SCC(=O)N(C)C)nnc1-c1cc(-c2ccc(C)cc2)nc2ccccc12. The summed E-state index contributed by atoms with van der Waals surface area (Å²) in [6, 6.07) is 18.4. The van der Waals surface area contributed by atoms with Crippen LogP contribution in [0.2, 0.25) is 0 Å². The molecule has 0 unspecified atom stereocenters. The number of hydrogen-bond donors (Lipinski definition) is 0. The highest BCUT2D eigenvalue weighted by Gasteiger charge is 2.19. The minimum Gasteiger partial charge on any atom is -0.348 e. The maximum absolute atomic E-state index is 12.1. The molecule has 0 spiro atoms. The summed E-state index contributed by atoms with van der Waals surface area (Å²) >= 11 is 1.38. The molecule has 2 aromatic carbocycles. The van der Waals surface area contributed by atoms with Crippen molar-refractivity contribution in [2.75, 3.05) is 19.8 Å². The number of benzene rings is 2. The number of pyridine rings is 1. The van der Waals surface area contributed by atoms with E-state index in [-0.39, 0.29) is 5.91 Å². The molecule has 0 radical (unpaired) electrons. The van der Waals surface area contributed by atoms with Crippen molar-refractivity contribution in [2.45, 2.75) is 18.6 Å². The number of carbonyl (C=O) groups is 1. The number of nitrogens with zero attached hydrogens (tertiary/aromatic N) is 5. The Labute approximate surface area is 192 Å². The van der Waals surface area contributed by atoms with Gasteiger partial charge in [0.05, 0.1) is 17.0 Å². The summed E-state index contributed by atoms with van der Waals surface area (Å²) in [6.07, 6.45) is 1.81. The van der Waals surface area contributed by atoms with Crippen LogP contribution in [0.3, 0.4) is 0 Å². The summed E-state index contributed by atoms with van der Waals surface area (Å²) in [5.74, 6) is 1.06. The van der Waals surface area contributed by atoms with Crippen LogP contribution in [0.5, 0.6) is 0 Å². The molecule has 0 aliphatic rings. The molecule has 2 heterocycles. The van der Waals surface area contributed by atoms with Gasteiger partial charge in [-0.2, -0.15) is 0 Å². The zero-order valence-electron chi connectivity index (χ0n) is 18.4. The van der Waals surface area contributed by atoms with Gasteiger partial charge in [0.25, 0.3) is 0 Å². The number of fused-ring (bicyclic) bond motifs is 1. The van der Waals surface area contributed by atoms with E-state index in [1.807, 2.05) is 34.9 Å². The second-order valence-corrected chi connectivity index (χ2v) is 8.66. The number of para-hydroxylation sites is 1. The van der Waals surface area contributed by atoms with Crippen LogP contribution < -0.4 is 0 Å². The lowest BCUT2D eigenvalue weighted by Gasteiger charge is -2.13. The Balaban J connectivity index is 1.84. The van der Waals surface area contributed by atoms with Gasteiger partial charge in [0.1, 0.15) is 0 Å². The molecular formula is C25H25N5OS. The standard InChI is InChI=1S/C25H25N5OS/c1-5-14-30-24(27-28-25(30)32-16-23(31)29(3)4)20-15-22(18-12-10-17(2)11-13-18)26-21-9-7-6-8-19(20)21/h5-13,15H,1,14,16H2,2-4H3. The predicted octanol–water partition coefficient (Wildman–Crippen LogP) is 4.84. The number of allylic oxidation sites excluding steroid dienone is 1. The minimum atomic E-state index is 0.0284. The lowest BCUT2D eigenvalue weighted by Crippen LogP contribution is -2.23. The van der Waals surface area contributed by atoms with Crippen molar-refractivity contribution < 1.29 is 4.79 Å². The van der Waals surface area contributed by atoms with E-state index >= 15 is 0 Å². The highest BCUT2D eigenvalue weighted by Crippen LogP contribution is 2.33. The highest BCUT2D eigenvalue weighted by atomic mass is 32.2. The number of hydrogen-bond acceptors (Lipinski definition) is 5. The first kappa shape index (κ1) is 21.8. The summed E-state index contributed by atoms with van der Waals surface area (Å²) in [6.45, 7) is 6.51. The zero-order chi connectivity index (χ0) is 22.7. The summed E-state index contributed by atoms with van der Waals surface area (Å²) in [5.41, 5.74) is 4.97. The van der Waals surface area contributed by atoms with Gasteiger partial charge in [-0.05, 0) is 19.1 Å². The van der Waals surface area contributed by atoms with Gasteiger partial charge in [-0.3, -0.25) is 9.36 Å². The van der Waals surface area contributed by atoms with Gasteiger partial charge < -0.3 is 4.90 Å². The minimum absolute atomic E-state index is 0.0284. The van der Waals surface area contributed by atoms with E-state index in [9.17, 15) is 4.79 Å². The molecule has 32 heavy (non-hydrogen) atoms. The van der Waals surface area contributed by atoms with E-state index in [4.69, 9.17) is 4.98 Å². The van der Waals surface area contributed by atoms with Crippen molar-refractivity contribution in [2.24, 2.45) is 0 Å². The molecule has 2 aromatic heterocycles. The number of aromatic nitrogens is 4. The first-order valence-corrected chi connectivity index (χ1v) is 11.3. The van der Waals surface area contributed by atoms with Crippen LogP contribution in [-0.4, -0.2) is 50.4 Å². The predicted molar refractivity (Wildman–Crippen MR) is 131 cm³/mol. The molecule has 7 heteroatoms. The molecule has 0 bridgehead atoms. The van der Waals surface area contributed by atoms with E-state index in [0.29, 0.717) is 17.5 Å². The van der Waals surface area contributed by atoms with E-state index in [1.165, 1.54) is 17.3 Å². The Morgan fingerprint density at radius 2 is 1.88 bits per heavy atom. The first-order chi connectivity index (χ1) is 15.5. The molecule has 6 nitrogen and oxygen atoms in total. The molecule has 0 atom stereocenters. The molecule has 0 fully saturated rings. The Bertz CT molecular complexity index is 1280. The Morgan fingerprint density at radius 3 is 2.59 bits per heavy atom. The van der Waals surface area contributed by atoms with Crippen LogP contribution >= 0.6 is 11.8 Å². The van der Waals surface area contributed by atoms with Gasteiger partial charge in [0.2, 0.25) is 5.91 Å². The molecular weight excluding hydrogens is 418 g/mol. The summed E-state index contributed by atoms with van der Waals surface area (Å²) in [4.78, 5) is 18.5. The summed E-state index contributed by atoms with van der Waals surface area (Å²) < 4.78 is 2.00. The van der Waals surface area contributed by atoms with Crippen LogP contribution in [0.4, 0.5) is 0 Å². The van der Waals surface area contributed by atoms with Crippen LogP contribution in [0.1, 0.15) is 5.56 Å². The molecule has 162 valence electrons. The Hall–Kier alpha value is -3.45. The van der Waals surface area contributed by atoms with Gasteiger partial charge >= 0.3 is 0 Å². The third-order valence-corrected chi connectivity index (χ3v) is 6.11. The molecule has 4 rings (SSSR count). The van der Waals surface area contributed by atoms with Crippen LogP contribution in [0.15, 0.2) is 72.4 Å². The van der Waals surface area contributed by atoms with Crippen LogP contribution in [-0.2, 0) is 11.3 Å². The maximum Gasteiger partial charge on any atom is 0.232 e. The fraction of sp³-hybridized carbons (Fsp3) is 0.200. The fourth-order valence-electron chi connectivity index (χ4n) is 3.38. The molecule has 0 saturated carbocycles. The van der Waals surface area contributed by atoms with Gasteiger partial charge in [0.15, 0.2) is 11.0 Å². The number of rotatable bonds is 7. The molecule has 0 saturated heterocycles. The van der Waals surface area contributed by atoms with E-state index < -0.39 is 0 Å². The number of aryl methyl sites for hydroxylation is 1. The second kappa shape index (κ2) is 9.36. The van der Waals surface area contributed by atoms with Gasteiger partial charge in [0, 0.05) is 37.2 Å². The van der Waals surface area contributed by atoms with Crippen molar-refractivity contribution in [1.82, 2.24) is 24.6 Å². The van der Waals surface area contributed by atoms with E-state index in [1.54, 1.807) is 19.0 Å². The largest absolute Gasteiger partial charge is 0.348 e. The average molecular weight is 444 g/mol. The molecule has 1 amide bonds. The van der Waals surface area contributed by atoms with Crippen molar-refractivity contribution in [3.63, 3.8) is 0 Å². The molecule has 0 aliphatic carbocycles. The topological polar surface area (TPSA) is 63.9 Å². The number of amides is 1. The first-order valence-electron chi connectivity index (χ1n) is 10.3. The van der Waals surface area contributed by atoms with Crippen molar-refractivity contribution in [3.8, 4) is 22.6 Å². The Morgan fingerprint density at radius 1 is 1.12 bits per heavy atom. The monoisotopic (exact) mass is 443 g/mol. The third-order valence-electron chi connectivity index (χ3n) is 5.16. The zero-order valence-corrected chi connectivity index (χ0v) is 19.3. The summed E-state index contributed by atoms with van der Waals surface area (Å²) in [7, 11) is 3.50. The van der Waals surface area contributed by atoms with Crippen molar-refractivity contribution in [1.29, 1.82) is 0 Å². The van der Waals surface area contributed by atoms with E-state index in [2.05, 4.69) is 54.0 Å². The number of thioether (sulfide) groups is 1. The lowest BCUT2D eigenvalue weighted by atomic mass is 10.0.